The second-order valence-electron chi connectivity index (χ2n) is 9.31. The maximum Gasteiger partial charge on any atom is 0.232 e. The van der Waals surface area contributed by atoms with Crippen LogP contribution in [-0.4, -0.2) is 34.2 Å². The molecule has 6 atom stereocenters. The van der Waals surface area contributed by atoms with Crippen molar-refractivity contribution in [2.45, 2.75) is 71.5 Å². The minimum Gasteiger partial charge on any atom is -0.392 e. The number of rotatable bonds is 3. The van der Waals surface area contributed by atoms with Crippen LogP contribution in [0.3, 0.4) is 0 Å². The molecular weight excluding hydrogens is 318 g/mol. The van der Waals surface area contributed by atoms with E-state index in [-0.39, 0.29) is 35.0 Å². The van der Waals surface area contributed by atoms with Gasteiger partial charge in [-0.2, -0.15) is 0 Å². The Bertz CT molecular complexity index is 599. The lowest BCUT2D eigenvalue weighted by Gasteiger charge is -2.59. The van der Waals surface area contributed by atoms with Crippen LogP contribution in [-0.2, 0) is 9.59 Å². The molecule has 3 fully saturated rings. The fraction of sp³-hybridized carbons (Fsp3) is 0.800. The summed E-state index contributed by atoms with van der Waals surface area (Å²) in [4.78, 5) is 23.4. The molecule has 0 aromatic heterocycles. The van der Waals surface area contributed by atoms with E-state index in [2.05, 4.69) is 32.7 Å². The number of carbonyl (C=O) groups excluding carboxylic acids is 2. The zero-order chi connectivity index (χ0) is 18.6. The Labute approximate surface area is 149 Å². The minimum atomic E-state index is -0.888. The van der Waals surface area contributed by atoms with E-state index in [0.29, 0.717) is 12.3 Å². The van der Waals surface area contributed by atoms with Crippen LogP contribution in [0.1, 0.15) is 59.3 Å². The fourth-order valence-electron chi connectivity index (χ4n) is 5.91. The Balaban J connectivity index is 1.86. The van der Waals surface area contributed by atoms with Gasteiger partial charge in [0.15, 0.2) is 0 Å². The molecule has 140 valence electrons. The molecule has 5 heteroatoms. The molecule has 1 unspecified atom stereocenters. The van der Waals surface area contributed by atoms with Crippen molar-refractivity contribution in [1.82, 2.24) is 5.32 Å². The second-order valence-corrected chi connectivity index (χ2v) is 9.31. The summed E-state index contributed by atoms with van der Waals surface area (Å²) in [5.74, 6) is -1.08. The summed E-state index contributed by atoms with van der Waals surface area (Å²) in [6.45, 7) is 10.9. The lowest BCUT2D eigenvalue weighted by molar-refractivity contribution is -0.128. The minimum absolute atomic E-state index is 0.0423. The van der Waals surface area contributed by atoms with Gasteiger partial charge >= 0.3 is 0 Å². The molecule has 1 saturated heterocycles. The van der Waals surface area contributed by atoms with Crippen LogP contribution in [0.4, 0.5) is 0 Å². The lowest BCUT2D eigenvalue weighted by atomic mass is 9.46. The highest BCUT2D eigenvalue weighted by atomic mass is 16.3. The van der Waals surface area contributed by atoms with Gasteiger partial charge in [0, 0.05) is 6.42 Å². The maximum atomic E-state index is 11.9. The highest BCUT2D eigenvalue weighted by Crippen LogP contribution is 2.61. The molecule has 1 heterocycles. The molecule has 3 aliphatic rings. The molecule has 2 saturated carbocycles. The largest absolute Gasteiger partial charge is 0.392 e. The van der Waals surface area contributed by atoms with Gasteiger partial charge in [0.25, 0.3) is 0 Å². The molecule has 2 amide bonds. The van der Waals surface area contributed by atoms with E-state index in [1.54, 1.807) is 0 Å². The zero-order valence-corrected chi connectivity index (χ0v) is 15.5. The molecule has 5 nitrogen and oxygen atoms in total. The first-order valence-corrected chi connectivity index (χ1v) is 9.45. The van der Waals surface area contributed by atoms with Crippen LogP contribution in [0.15, 0.2) is 12.2 Å². The number of carbonyl (C=O) groups is 2. The van der Waals surface area contributed by atoms with E-state index in [0.717, 1.165) is 31.3 Å². The smallest absolute Gasteiger partial charge is 0.232 e. The van der Waals surface area contributed by atoms with Crippen molar-refractivity contribution in [2.24, 2.45) is 28.6 Å². The number of imide groups is 1. The summed E-state index contributed by atoms with van der Waals surface area (Å²) >= 11 is 0. The third-order valence-electron chi connectivity index (χ3n) is 7.35. The molecule has 3 N–H and O–H groups in total. The number of aliphatic hydroxyl groups is 2. The summed E-state index contributed by atoms with van der Waals surface area (Å²) in [5, 5.41) is 23.6. The van der Waals surface area contributed by atoms with Crippen molar-refractivity contribution in [3.8, 4) is 0 Å². The predicted octanol–water partition coefficient (Wildman–Crippen LogP) is 2.17. The van der Waals surface area contributed by atoms with Crippen LogP contribution in [0.25, 0.3) is 0 Å². The predicted molar refractivity (Wildman–Crippen MR) is 94.4 cm³/mol. The van der Waals surface area contributed by atoms with Gasteiger partial charge in [-0.05, 0) is 53.9 Å². The molecule has 0 aromatic rings. The van der Waals surface area contributed by atoms with Crippen LogP contribution in [0.2, 0.25) is 0 Å². The molecule has 25 heavy (non-hydrogen) atoms. The van der Waals surface area contributed by atoms with E-state index in [1.807, 2.05) is 0 Å². The first-order valence-electron chi connectivity index (χ1n) is 9.45. The van der Waals surface area contributed by atoms with Gasteiger partial charge in [-0.3, -0.25) is 14.9 Å². The maximum absolute atomic E-state index is 11.9. The van der Waals surface area contributed by atoms with Crippen molar-refractivity contribution in [3.05, 3.63) is 12.2 Å². The monoisotopic (exact) mass is 349 g/mol. The number of hydrogen-bond donors (Lipinski definition) is 3. The Morgan fingerprint density at radius 3 is 2.56 bits per heavy atom. The van der Waals surface area contributed by atoms with Crippen LogP contribution >= 0.6 is 0 Å². The molecule has 0 bridgehead atoms. The van der Waals surface area contributed by atoms with Gasteiger partial charge in [0.1, 0.15) is 0 Å². The van der Waals surface area contributed by atoms with Crippen molar-refractivity contribution in [1.29, 1.82) is 0 Å². The molecule has 3 rings (SSSR count). The summed E-state index contributed by atoms with van der Waals surface area (Å²) in [6.07, 6.45) is 3.00. The van der Waals surface area contributed by atoms with Crippen molar-refractivity contribution < 1.29 is 19.8 Å². The molecule has 0 radical (unpaired) electrons. The van der Waals surface area contributed by atoms with Gasteiger partial charge in [0.2, 0.25) is 11.8 Å². The van der Waals surface area contributed by atoms with Crippen molar-refractivity contribution >= 4 is 11.8 Å². The van der Waals surface area contributed by atoms with Crippen LogP contribution < -0.4 is 5.32 Å². The number of hydrogen-bond acceptors (Lipinski definition) is 4. The fourth-order valence-corrected chi connectivity index (χ4v) is 5.91. The summed E-state index contributed by atoms with van der Waals surface area (Å²) in [6, 6.07) is 0. The van der Waals surface area contributed by atoms with E-state index in [1.165, 1.54) is 0 Å². The van der Waals surface area contributed by atoms with Gasteiger partial charge in [0.05, 0.1) is 18.1 Å². The van der Waals surface area contributed by atoms with Crippen molar-refractivity contribution in [3.63, 3.8) is 0 Å². The summed E-state index contributed by atoms with van der Waals surface area (Å²) in [5.41, 5.74) is 0.872. The van der Waals surface area contributed by atoms with E-state index < -0.39 is 18.1 Å². The number of amides is 2. The Morgan fingerprint density at radius 2 is 1.96 bits per heavy atom. The summed E-state index contributed by atoms with van der Waals surface area (Å²) < 4.78 is 0. The SMILES string of the molecule is C=C1C(C[C@H](O)[C@H]2CC(=O)NC2=O)[C@@]2(C)CCCC(C)(C)[C@@H]2C[C@@H]1O. The standard InChI is InChI=1S/C20H31NO4/c1-11-13(9-15(23)12-8-17(24)21-18(12)25)20(4)7-5-6-19(2,3)16(20)10-14(11)22/h12-16,22-23H,1,5-10H2,2-4H3,(H,21,24,25)/t12-,13?,14+,15+,16+,20-/m1/s1. The Hall–Kier alpha value is -1.20. The first kappa shape index (κ1) is 18.6. The van der Waals surface area contributed by atoms with Gasteiger partial charge in [-0.25, -0.2) is 0 Å². The normalized spacial score (nSPS) is 42.0. The van der Waals surface area contributed by atoms with Gasteiger partial charge < -0.3 is 10.2 Å². The summed E-state index contributed by atoms with van der Waals surface area (Å²) in [7, 11) is 0. The lowest BCUT2D eigenvalue weighted by Crippen LogP contribution is -2.53. The third kappa shape index (κ3) is 3.06. The molecular formula is C20H31NO4. The number of nitrogens with one attached hydrogen (secondary N) is 1. The van der Waals surface area contributed by atoms with Gasteiger partial charge in [-0.15, -0.1) is 0 Å². The van der Waals surface area contributed by atoms with Crippen LogP contribution in [0, 0.1) is 28.6 Å². The second kappa shape index (κ2) is 6.20. The highest BCUT2D eigenvalue weighted by Gasteiger charge is 2.55. The number of aliphatic hydroxyl groups excluding tert-OH is 2. The number of fused-ring (bicyclic) bond motifs is 1. The van der Waals surface area contributed by atoms with Crippen LogP contribution in [0.5, 0.6) is 0 Å². The highest BCUT2D eigenvalue weighted by molar-refractivity contribution is 6.03. The van der Waals surface area contributed by atoms with Gasteiger partial charge in [-0.1, -0.05) is 33.8 Å². The van der Waals surface area contributed by atoms with Crippen molar-refractivity contribution in [2.75, 3.05) is 0 Å². The molecule has 0 aromatic carbocycles. The van der Waals surface area contributed by atoms with E-state index >= 15 is 0 Å². The molecule has 1 aliphatic heterocycles. The third-order valence-corrected chi connectivity index (χ3v) is 7.35. The average Bonchev–Trinajstić information content (AvgIpc) is 2.85. The molecule has 2 aliphatic carbocycles. The van der Waals surface area contributed by atoms with E-state index in [4.69, 9.17) is 0 Å². The zero-order valence-electron chi connectivity index (χ0n) is 15.5. The van der Waals surface area contributed by atoms with E-state index in [9.17, 15) is 19.8 Å². The Kier molecular flexibility index (Phi) is 4.61. The average molecular weight is 349 g/mol. The molecule has 0 spiro atoms. The first-order chi connectivity index (χ1) is 11.6. The quantitative estimate of drug-likeness (QED) is 0.538. The Morgan fingerprint density at radius 1 is 1.28 bits per heavy atom. The topological polar surface area (TPSA) is 86.6 Å².